The molecule has 1 aromatic heterocycles. The maximum Gasteiger partial charge on any atom is 0.255 e. The first-order chi connectivity index (χ1) is 9.27. The number of halogens is 1. The van der Waals surface area contributed by atoms with Crippen molar-refractivity contribution in [2.45, 2.75) is 18.9 Å². The van der Waals surface area contributed by atoms with Gasteiger partial charge in [-0.25, -0.2) is 0 Å². The summed E-state index contributed by atoms with van der Waals surface area (Å²) in [5.41, 5.74) is 0.756. The van der Waals surface area contributed by atoms with E-state index in [-0.39, 0.29) is 11.9 Å². The highest BCUT2D eigenvalue weighted by Gasteiger charge is 2.31. The Bertz CT molecular complexity index is 582. The van der Waals surface area contributed by atoms with Gasteiger partial charge >= 0.3 is 0 Å². The Morgan fingerprint density at radius 1 is 1.26 bits per heavy atom. The van der Waals surface area contributed by atoms with Crippen LogP contribution in [0, 0.1) is 0 Å². The van der Waals surface area contributed by atoms with Crippen LogP contribution in [0.4, 0.5) is 0 Å². The lowest BCUT2D eigenvalue weighted by Gasteiger charge is -2.24. The van der Waals surface area contributed by atoms with Crippen molar-refractivity contribution in [3.8, 4) is 0 Å². The van der Waals surface area contributed by atoms with Gasteiger partial charge in [0.25, 0.3) is 5.91 Å². The fraction of sp³-hybridized carbons (Fsp3) is 0.267. The highest BCUT2D eigenvalue weighted by molar-refractivity contribution is 9.10. The van der Waals surface area contributed by atoms with Crippen LogP contribution in [-0.2, 0) is 0 Å². The van der Waals surface area contributed by atoms with E-state index in [1.54, 1.807) is 11.3 Å². The Balaban J connectivity index is 1.89. The number of rotatable bonds is 2. The molecule has 0 N–H and O–H groups in total. The normalized spacial score (nSPS) is 18.8. The topological polar surface area (TPSA) is 20.3 Å². The number of thiophene rings is 1. The molecule has 1 aliphatic rings. The van der Waals surface area contributed by atoms with Gasteiger partial charge in [0.15, 0.2) is 0 Å². The molecular weight excluding hydrogens is 322 g/mol. The average molecular weight is 336 g/mol. The van der Waals surface area contributed by atoms with Gasteiger partial charge in [-0.15, -0.1) is 11.3 Å². The SMILES string of the molecule is O=C(c1ccccc1Br)N1CCC[C@@H]1c1cccs1. The first-order valence-corrected chi connectivity index (χ1v) is 8.03. The van der Waals surface area contributed by atoms with E-state index in [2.05, 4.69) is 33.4 Å². The quantitative estimate of drug-likeness (QED) is 0.791. The summed E-state index contributed by atoms with van der Waals surface area (Å²) >= 11 is 5.20. The number of likely N-dealkylation sites (tertiary alicyclic amines) is 1. The molecule has 1 aromatic carbocycles. The molecule has 2 aromatic rings. The van der Waals surface area contributed by atoms with Crippen molar-refractivity contribution in [2.24, 2.45) is 0 Å². The van der Waals surface area contributed by atoms with Crippen LogP contribution in [-0.4, -0.2) is 17.4 Å². The Labute approximate surface area is 125 Å². The van der Waals surface area contributed by atoms with Gasteiger partial charge in [0.1, 0.15) is 0 Å². The molecule has 0 unspecified atom stereocenters. The number of hydrogen-bond donors (Lipinski definition) is 0. The lowest BCUT2D eigenvalue weighted by Crippen LogP contribution is -2.30. The molecule has 0 saturated carbocycles. The van der Waals surface area contributed by atoms with Crippen LogP contribution in [0.3, 0.4) is 0 Å². The number of carbonyl (C=O) groups is 1. The van der Waals surface area contributed by atoms with Crippen molar-refractivity contribution >= 4 is 33.2 Å². The van der Waals surface area contributed by atoms with Crippen molar-refractivity contribution in [1.82, 2.24) is 4.90 Å². The maximum absolute atomic E-state index is 12.7. The summed E-state index contributed by atoms with van der Waals surface area (Å²) in [4.78, 5) is 16.0. The van der Waals surface area contributed by atoms with Gasteiger partial charge < -0.3 is 4.90 Å². The van der Waals surface area contributed by atoms with Gasteiger partial charge in [-0.2, -0.15) is 0 Å². The Morgan fingerprint density at radius 2 is 2.11 bits per heavy atom. The predicted molar refractivity (Wildman–Crippen MR) is 81.5 cm³/mol. The third-order valence-corrected chi connectivity index (χ3v) is 5.15. The van der Waals surface area contributed by atoms with E-state index in [0.717, 1.165) is 29.4 Å². The molecule has 0 spiro atoms. The van der Waals surface area contributed by atoms with Crippen LogP contribution in [0.5, 0.6) is 0 Å². The van der Waals surface area contributed by atoms with Crippen molar-refractivity contribution in [1.29, 1.82) is 0 Å². The van der Waals surface area contributed by atoms with Crippen LogP contribution in [0.15, 0.2) is 46.3 Å². The molecule has 0 aliphatic carbocycles. The molecule has 98 valence electrons. The second-order valence-electron chi connectivity index (χ2n) is 4.65. The standard InChI is InChI=1S/C15H14BrNOS/c16-12-6-2-1-5-11(12)15(18)17-9-3-7-13(17)14-8-4-10-19-14/h1-2,4-6,8,10,13H,3,7,9H2/t13-/m1/s1. The van der Waals surface area contributed by atoms with Gasteiger partial charge in [-0.3, -0.25) is 4.79 Å². The summed E-state index contributed by atoms with van der Waals surface area (Å²) in [6, 6.07) is 12.1. The van der Waals surface area contributed by atoms with E-state index in [1.807, 2.05) is 29.2 Å². The highest BCUT2D eigenvalue weighted by atomic mass is 79.9. The third-order valence-electron chi connectivity index (χ3n) is 3.49. The van der Waals surface area contributed by atoms with Gasteiger partial charge in [-0.05, 0) is 52.4 Å². The van der Waals surface area contributed by atoms with Crippen LogP contribution < -0.4 is 0 Å². The zero-order chi connectivity index (χ0) is 13.2. The number of amides is 1. The smallest absolute Gasteiger partial charge is 0.255 e. The average Bonchev–Trinajstić information content (AvgIpc) is 3.09. The molecule has 1 aliphatic heterocycles. The molecule has 1 fully saturated rings. The van der Waals surface area contributed by atoms with E-state index >= 15 is 0 Å². The van der Waals surface area contributed by atoms with Gasteiger partial charge in [0, 0.05) is 15.9 Å². The lowest BCUT2D eigenvalue weighted by molar-refractivity contribution is 0.0737. The van der Waals surface area contributed by atoms with Gasteiger partial charge in [0.05, 0.1) is 11.6 Å². The molecule has 0 radical (unpaired) electrons. The van der Waals surface area contributed by atoms with Gasteiger partial charge in [0.2, 0.25) is 0 Å². The fourth-order valence-electron chi connectivity index (χ4n) is 2.58. The number of benzene rings is 1. The second kappa shape index (κ2) is 5.47. The molecular formula is C15H14BrNOS. The van der Waals surface area contributed by atoms with Crippen molar-refractivity contribution in [2.75, 3.05) is 6.54 Å². The summed E-state index contributed by atoms with van der Waals surface area (Å²) in [6.07, 6.45) is 2.15. The molecule has 1 saturated heterocycles. The van der Waals surface area contributed by atoms with Crippen molar-refractivity contribution in [3.05, 3.63) is 56.7 Å². The van der Waals surface area contributed by atoms with Gasteiger partial charge in [-0.1, -0.05) is 18.2 Å². The summed E-state index contributed by atoms with van der Waals surface area (Å²) in [5, 5.41) is 2.08. The van der Waals surface area contributed by atoms with E-state index in [0.29, 0.717) is 0 Å². The maximum atomic E-state index is 12.7. The van der Waals surface area contributed by atoms with Crippen LogP contribution in [0.1, 0.15) is 34.1 Å². The summed E-state index contributed by atoms with van der Waals surface area (Å²) in [6.45, 7) is 0.850. The Kier molecular flexibility index (Phi) is 3.71. The minimum atomic E-state index is 0.128. The summed E-state index contributed by atoms with van der Waals surface area (Å²) in [5.74, 6) is 0.128. The molecule has 2 nitrogen and oxygen atoms in total. The number of hydrogen-bond acceptors (Lipinski definition) is 2. The van der Waals surface area contributed by atoms with Crippen molar-refractivity contribution < 1.29 is 4.79 Å². The van der Waals surface area contributed by atoms with E-state index in [4.69, 9.17) is 0 Å². The molecule has 0 bridgehead atoms. The first kappa shape index (κ1) is 12.9. The molecule has 3 rings (SSSR count). The molecule has 1 atom stereocenters. The summed E-state index contributed by atoms with van der Waals surface area (Å²) < 4.78 is 0.872. The second-order valence-corrected chi connectivity index (χ2v) is 6.49. The zero-order valence-corrected chi connectivity index (χ0v) is 12.8. The number of carbonyl (C=O) groups excluding carboxylic acids is 1. The molecule has 1 amide bonds. The van der Waals surface area contributed by atoms with Crippen LogP contribution in [0.25, 0.3) is 0 Å². The molecule has 19 heavy (non-hydrogen) atoms. The zero-order valence-electron chi connectivity index (χ0n) is 10.4. The lowest BCUT2D eigenvalue weighted by atomic mass is 10.1. The van der Waals surface area contributed by atoms with E-state index < -0.39 is 0 Å². The fourth-order valence-corrected chi connectivity index (χ4v) is 3.90. The largest absolute Gasteiger partial charge is 0.331 e. The Hall–Kier alpha value is -1.13. The predicted octanol–water partition coefficient (Wildman–Crippen LogP) is 4.49. The highest BCUT2D eigenvalue weighted by Crippen LogP contribution is 2.36. The monoisotopic (exact) mass is 335 g/mol. The van der Waals surface area contributed by atoms with Crippen molar-refractivity contribution in [3.63, 3.8) is 0 Å². The first-order valence-electron chi connectivity index (χ1n) is 6.36. The minimum Gasteiger partial charge on any atom is -0.331 e. The van der Waals surface area contributed by atoms with E-state index in [9.17, 15) is 4.79 Å². The minimum absolute atomic E-state index is 0.128. The third kappa shape index (κ3) is 2.47. The van der Waals surface area contributed by atoms with Crippen LogP contribution >= 0.6 is 27.3 Å². The van der Waals surface area contributed by atoms with E-state index in [1.165, 1.54) is 4.88 Å². The summed E-state index contributed by atoms with van der Waals surface area (Å²) in [7, 11) is 0. The molecule has 2 heterocycles. The van der Waals surface area contributed by atoms with Crippen LogP contribution in [0.2, 0.25) is 0 Å². The number of nitrogens with zero attached hydrogens (tertiary/aromatic N) is 1. The molecule has 4 heteroatoms. The Morgan fingerprint density at radius 3 is 2.84 bits per heavy atom.